The van der Waals surface area contributed by atoms with Gasteiger partial charge in [-0.25, -0.2) is 0 Å². The second-order valence-corrected chi connectivity index (χ2v) is 3.33. The lowest BCUT2D eigenvalue weighted by Gasteiger charge is -1.96. The molecule has 0 aromatic heterocycles. The van der Waals surface area contributed by atoms with Crippen molar-refractivity contribution in [3.63, 3.8) is 0 Å². The van der Waals surface area contributed by atoms with E-state index in [-0.39, 0.29) is 0 Å². The van der Waals surface area contributed by atoms with E-state index >= 15 is 0 Å². The molecule has 0 aromatic carbocycles. The molecule has 0 aliphatic heterocycles. The maximum absolute atomic E-state index is 2.27. The van der Waals surface area contributed by atoms with E-state index in [1.54, 1.807) is 0 Å². The standard InChI is InChI=1S/C6H10Si/c1-5-3-2-4-6(5)7/h2-4,6H,1,7H3. The van der Waals surface area contributed by atoms with E-state index in [2.05, 4.69) is 25.2 Å². The molecule has 0 fully saturated rings. The van der Waals surface area contributed by atoms with Gasteiger partial charge in [-0.1, -0.05) is 23.8 Å². The number of hydrogen-bond acceptors (Lipinski definition) is 0. The van der Waals surface area contributed by atoms with E-state index < -0.39 is 0 Å². The van der Waals surface area contributed by atoms with Gasteiger partial charge in [-0.3, -0.25) is 0 Å². The molecular formula is C6H10Si. The first-order chi connectivity index (χ1) is 3.30. The van der Waals surface area contributed by atoms with Crippen LogP contribution in [0.4, 0.5) is 0 Å². The van der Waals surface area contributed by atoms with Gasteiger partial charge in [0.15, 0.2) is 0 Å². The van der Waals surface area contributed by atoms with Crippen LogP contribution in [0.2, 0.25) is 5.54 Å². The van der Waals surface area contributed by atoms with Crippen molar-refractivity contribution < 1.29 is 0 Å². The Hall–Kier alpha value is -0.303. The van der Waals surface area contributed by atoms with Gasteiger partial charge in [0.1, 0.15) is 0 Å². The molecule has 38 valence electrons. The molecule has 0 radical (unpaired) electrons. The highest BCUT2D eigenvalue weighted by atomic mass is 28.1. The van der Waals surface area contributed by atoms with Crippen LogP contribution in [-0.2, 0) is 0 Å². The highest BCUT2D eigenvalue weighted by Crippen LogP contribution is 2.19. The molecule has 0 amide bonds. The fourth-order valence-electron chi connectivity index (χ4n) is 0.678. The molecule has 1 aliphatic carbocycles. The van der Waals surface area contributed by atoms with Crippen molar-refractivity contribution in [3.05, 3.63) is 23.8 Å². The Balaban J connectivity index is 2.69. The van der Waals surface area contributed by atoms with E-state index in [0.29, 0.717) is 0 Å². The molecular weight excluding hydrogens is 100 g/mol. The third kappa shape index (κ3) is 0.828. The lowest BCUT2D eigenvalue weighted by Crippen LogP contribution is -1.82. The maximum Gasteiger partial charge on any atom is 0.0166 e. The second kappa shape index (κ2) is 1.66. The third-order valence-electron chi connectivity index (χ3n) is 1.48. The quantitative estimate of drug-likeness (QED) is 0.402. The maximum atomic E-state index is 2.27. The summed E-state index contributed by atoms with van der Waals surface area (Å²) in [4.78, 5) is 0. The summed E-state index contributed by atoms with van der Waals surface area (Å²) in [5.41, 5.74) is 2.37. The zero-order chi connectivity index (χ0) is 5.28. The lowest BCUT2D eigenvalue weighted by atomic mass is 10.3. The number of allylic oxidation sites excluding steroid dienone is 4. The van der Waals surface area contributed by atoms with E-state index in [1.165, 1.54) is 15.8 Å². The normalized spacial score (nSPS) is 28.7. The van der Waals surface area contributed by atoms with Crippen LogP contribution in [0.5, 0.6) is 0 Å². The summed E-state index contributed by atoms with van der Waals surface area (Å²) in [7, 11) is 1.28. The topological polar surface area (TPSA) is 0 Å². The van der Waals surface area contributed by atoms with Gasteiger partial charge < -0.3 is 0 Å². The van der Waals surface area contributed by atoms with Gasteiger partial charge in [0.2, 0.25) is 0 Å². The Bertz CT molecular complexity index is 122. The smallest absolute Gasteiger partial charge is 0.0166 e. The fourth-order valence-corrected chi connectivity index (χ4v) is 1.09. The first-order valence-electron chi connectivity index (χ1n) is 2.65. The van der Waals surface area contributed by atoms with Gasteiger partial charge in [0.05, 0.1) is 0 Å². The van der Waals surface area contributed by atoms with Crippen molar-refractivity contribution >= 4 is 10.2 Å². The Labute approximate surface area is 47.3 Å². The van der Waals surface area contributed by atoms with Crippen molar-refractivity contribution in [2.75, 3.05) is 0 Å². The minimum absolute atomic E-state index is 0.833. The van der Waals surface area contributed by atoms with E-state index in [1.807, 2.05) is 0 Å². The van der Waals surface area contributed by atoms with Gasteiger partial charge in [0.25, 0.3) is 0 Å². The Morgan fingerprint density at radius 3 is 2.57 bits per heavy atom. The molecule has 1 rings (SSSR count). The molecule has 1 heteroatoms. The zero-order valence-corrected chi connectivity index (χ0v) is 6.81. The Morgan fingerprint density at radius 2 is 2.43 bits per heavy atom. The molecule has 0 N–H and O–H groups in total. The highest BCUT2D eigenvalue weighted by Gasteiger charge is 2.00. The molecule has 1 atom stereocenters. The molecule has 1 aliphatic rings. The largest absolute Gasteiger partial charge is 0.0811 e. The van der Waals surface area contributed by atoms with Gasteiger partial charge >= 0.3 is 0 Å². The summed E-state index contributed by atoms with van der Waals surface area (Å²) in [5.74, 6) is 0. The molecule has 0 saturated carbocycles. The minimum atomic E-state index is 0.833. The van der Waals surface area contributed by atoms with Crippen molar-refractivity contribution in [2.24, 2.45) is 0 Å². The molecule has 0 heterocycles. The van der Waals surface area contributed by atoms with Crippen molar-refractivity contribution in [3.8, 4) is 0 Å². The van der Waals surface area contributed by atoms with Gasteiger partial charge in [-0.05, 0) is 12.5 Å². The lowest BCUT2D eigenvalue weighted by molar-refractivity contribution is 1.24. The first-order valence-corrected chi connectivity index (χ1v) is 3.81. The van der Waals surface area contributed by atoms with E-state index in [4.69, 9.17) is 0 Å². The van der Waals surface area contributed by atoms with Crippen molar-refractivity contribution in [1.82, 2.24) is 0 Å². The van der Waals surface area contributed by atoms with Crippen LogP contribution in [0, 0.1) is 0 Å². The third-order valence-corrected chi connectivity index (χ3v) is 2.77. The minimum Gasteiger partial charge on any atom is -0.0811 e. The predicted molar refractivity (Wildman–Crippen MR) is 36.6 cm³/mol. The van der Waals surface area contributed by atoms with Crippen LogP contribution >= 0.6 is 0 Å². The molecule has 0 bridgehead atoms. The average Bonchev–Trinajstić information content (AvgIpc) is 1.91. The van der Waals surface area contributed by atoms with E-state index in [9.17, 15) is 0 Å². The molecule has 0 spiro atoms. The number of hydrogen-bond donors (Lipinski definition) is 0. The second-order valence-electron chi connectivity index (χ2n) is 2.08. The summed E-state index contributed by atoms with van der Waals surface area (Å²) in [5, 5.41) is 0. The molecule has 7 heavy (non-hydrogen) atoms. The monoisotopic (exact) mass is 110 g/mol. The molecule has 0 saturated heterocycles. The van der Waals surface area contributed by atoms with Crippen LogP contribution < -0.4 is 0 Å². The summed E-state index contributed by atoms with van der Waals surface area (Å²) in [6.45, 7) is 2.19. The van der Waals surface area contributed by atoms with Crippen molar-refractivity contribution in [2.45, 2.75) is 12.5 Å². The first kappa shape index (κ1) is 4.85. The zero-order valence-electron chi connectivity index (χ0n) is 4.81. The van der Waals surface area contributed by atoms with Crippen LogP contribution in [0.3, 0.4) is 0 Å². The number of rotatable bonds is 0. The predicted octanol–water partition coefficient (Wildman–Crippen LogP) is 0.656. The summed E-state index contributed by atoms with van der Waals surface area (Å²) >= 11 is 0. The summed E-state index contributed by atoms with van der Waals surface area (Å²) in [6.07, 6.45) is 6.60. The van der Waals surface area contributed by atoms with E-state index in [0.717, 1.165) is 5.54 Å². The molecule has 1 unspecified atom stereocenters. The van der Waals surface area contributed by atoms with Crippen molar-refractivity contribution in [1.29, 1.82) is 0 Å². The molecule has 0 nitrogen and oxygen atoms in total. The highest BCUT2D eigenvalue weighted by molar-refractivity contribution is 6.15. The van der Waals surface area contributed by atoms with Crippen LogP contribution in [0.1, 0.15) is 6.92 Å². The average molecular weight is 110 g/mol. The summed E-state index contributed by atoms with van der Waals surface area (Å²) in [6, 6.07) is 0. The Morgan fingerprint density at radius 1 is 1.71 bits per heavy atom. The SMILES string of the molecule is CC1=CC=CC1[SiH3]. The van der Waals surface area contributed by atoms with Gasteiger partial charge in [0, 0.05) is 10.2 Å². The van der Waals surface area contributed by atoms with Crippen LogP contribution in [0.15, 0.2) is 23.8 Å². The fraction of sp³-hybridized carbons (Fsp3) is 0.333. The Kier molecular flexibility index (Phi) is 1.15. The van der Waals surface area contributed by atoms with Gasteiger partial charge in [-0.2, -0.15) is 0 Å². The molecule has 0 aromatic rings. The van der Waals surface area contributed by atoms with Crippen LogP contribution in [0.25, 0.3) is 0 Å². The summed E-state index contributed by atoms with van der Waals surface area (Å²) < 4.78 is 0. The van der Waals surface area contributed by atoms with Crippen LogP contribution in [-0.4, -0.2) is 10.2 Å². The van der Waals surface area contributed by atoms with Gasteiger partial charge in [-0.15, -0.1) is 0 Å².